The second-order valence-corrected chi connectivity index (χ2v) is 12.0. The van der Waals surface area contributed by atoms with Crippen molar-refractivity contribution in [1.82, 2.24) is 10.2 Å². The summed E-state index contributed by atoms with van der Waals surface area (Å²) in [4.78, 5) is 28.3. The Bertz CT molecular complexity index is 1150. The van der Waals surface area contributed by atoms with Crippen LogP contribution in [0.4, 0.5) is 4.79 Å². The molecule has 2 fully saturated rings. The van der Waals surface area contributed by atoms with Crippen molar-refractivity contribution in [2.45, 2.75) is 71.6 Å². The third-order valence-electron chi connectivity index (χ3n) is 8.27. The van der Waals surface area contributed by atoms with Gasteiger partial charge in [0.15, 0.2) is 11.5 Å². The van der Waals surface area contributed by atoms with Gasteiger partial charge in [0.2, 0.25) is 5.91 Å². The Hall–Kier alpha value is -3.26. The number of amides is 2. The van der Waals surface area contributed by atoms with E-state index in [2.05, 4.69) is 5.32 Å². The number of hydrogen-bond acceptors (Lipinski definition) is 6. The second kappa shape index (κ2) is 12.9. The Morgan fingerprint density at radius 1 is 1.10 bits per heavy atom. The zero-order valence-electron chi connectivity index (χ0n) is 24.4. The number of rotatable bonds is 12. The van der Waals surface area contributed by atoms with E-state index in [4.69, 9.17) is 14.2 Å². The molecule has 0 spiro atoms. The standard InChI is InChI=1S/C32H44N2O6/c1-21(2)15-27(33-31(37)40-19-23-9-7-6-8-10-23)30(36)34-17-26(32(4,20-34)22(3)35)25-13-14-28(38-5)29(16-25)39-18-24-11-12-24/h6-10,13-14,16,21-22,24,26-27,35H,11-12,15,17-20H2,1-5H3,(H,33,37)/t22-,26+,27+,32+/m1/s1. The number of carbonyl (C=O) groups excluding carboxylic acids is 2. The van der Waals surface area contributed by atoms with Gasteiger partial charge in [-0.2, -0.15) is 0 Å². The summed E-state index contributed by atoms with van der Waals surface area (Å²) in [5.74, 6) is 1.83. The summed E-state index contributed by atoms with van der Waals surface area (Å²) in [5, 5.41) is 13.7. The Morgan fingerprint density at radius 3 is 2.45 bits per heavy atom. The first-order valence-corrected chi connectivity index (χ1v) is 14.4. The van der Waals surface area contributed by atoms with Gasteiger partial charge in [-0.3, -0.25) is 4.79 Å². The highest BCUT2D eigenvalue weighted by Gasteiger charge is 2.49. The molecule has 4 atom stereocenters. The molecule has 8 nitrogen and oxygen atoms in total. The SMILES string of the molecule is COc1ccc([C@@H]2CN(C(=O)[C@H](CC(C)C)NC(=O)OCc3ccccc3)C[C@@]2(C)[C@@H](C)O)cc1OCC1CC1. The Morgan fingerprint density at radius 2 is 1.82 bits per heavy atom. The van der Waals surface area contributed by atoms with Crippen molar-refractivity contribution in [2.75, 3.05) is 26.8 Å². The largest absolute Gasteiger partial charge is 0.493 e. The number of aliphatic hydroxyl groups excluding tert-OH is 1. The van der Waals surface area contributed by atoms with Gasteiger partial charge in [0.25, 0.3) is 0 Å². The predicted molar refractivity (Wildman–Crippen MR) is 153 cm³/mol. The second-order valence-electron chi connectivity index (χ2n) is 12.0. The van der Waals surface area contributed by atoms with Crippen LogP contribution in [-0.2, 0) is 16.1 Å². The number of methoxy groups -OCH3 is 1. The molecule has 8 heteroatoms. The number of likely N-dealkylation sites (tertiary alicyclic amines) is 1. The van der Waals surface area contributed by atoms with Crippen LogP contribution in [0.15, 0.2) is 48.5 Å². The molecular weight excluding hydrogens is 508 g/mol. The molecule has 0 unspecified atom stereocenters. The summed E-state index contributed by atoms with van der Waals surface area (Å²) < 4.78 is 17.1. The molecule has 0 radical (unpaired) electrons. The molecule has 1 aliphatic carbocycles. The van der Waals surface area contributed by atoms with Crippen LogP contribution in [0.1, 0.15) is 64.0 Å². The van der Waals surface area contributed by atoms with Gasteiger partial charge in [0, 0.05) is 24.4 Å². The molecule has 218 valence electrons. The topological polar surface area (TPSA) is 97.3 Å². The van der Waals surface area contributed by atoms with E-state index in [9.17, 15) is 14.7 Å². The first-order chi connectivity index (χ1) is 19.1. The third kappa shape index (κ3) is 7.27. The monoisotopic (exact) mass is 552 g/mol. The molecule has 2 N–H and O–H groups in total. The Balaban J connectivity index is 1.50. The fourth-order valence-electron chi connectivity index (χ4n) is 5.43. The molecule has 1 aliphatic heterocycles. The smallest absolute Gasteiger partial charge is 0.408 e. The predicted octanol–water partition coefficient (Wildman–Crippen LogP) is 5.14. The highest BCUT2D eigenvalue weighted by atomic mass is 16.5. The quantitative estimate of drug-likeness (QED) is 0.379. The molecule has 40 heavy (non-hydrogen) atoms. The van der Waals surface area contributed by atoms with Crippen molar-refractivity contribution in [1.29, 1.82) is 0 Å². The van der Waals surface area contributed by atoms with Crippen LogP contribution in [0.3, 0.4) is 0 Å². The summed E-state index contributed by atoms with van der Waals surface area (Å²) in [7, 11) is 1.63. The number of carbonyl (C=O) groups is 2. The number of ether oxygens (including phenoxy) is 3. The molecule has 1 saturated heterocycles. The lowest BCUT2D eigenvalue weighted by Gasteiger charge is -2.34. The molecule has 0 bridgehead atoms. The minimum atomic E-state index is -0.728. The van der Waals surface area contributed by atoms with Gasteiger partial charge in [-0.05, 0) is 61.3 Å². The van der Waals surface area contributed by atoms with E-state index >= 15 is 0 Å². The summed E-state index contributed by atoms with van der Waals surface area (Å²) in [6, 6.07) is 14.6. The van der Waals surface area contributed by atoms with E-state index in [1.54, 1.807) is 18.9 Å². The number of benzene rings is 2. The minimum Gasteiger partial charge on any atom is -0.493 e. The number of aliphatic hydroxyl groups is 1. The maximum Gasteiger partial charge on any atom is 0.408 e. The van der Waals surface area contributed by atoms with Gasteiger partial charge in [-0.15, -0.1) is 0 Å². The van der Waals surface area contributed by atoms with Crippen LogP contribution in [-0.4, -0.2) is 61.0 Å². The molecule has 4 rings (SSSR count). The van der Waals surface area contributed by atoms with Crippen molar-refractivity contribution in [2.24, 2.45) is 17.3 Å². The van der Waals surface area contributed by atoms with Gasteiger partial charge >= 0.3 is 6.09 Å². The lowest BCUT2D eigenvalue weighted by atomic mass is 9.72. The minimum absolute atomic E-state index is 0.129. The van der Waals surface area contributed by atoms with Crippen LogP contribution >= 0.6 is 0 Å². The first-order valence-electron chi connectivity index (χ1n) is 14.4. The van der Waals surface area contributed by atoms with E-state index in [1.807, 2.05) is 69.3 Å². The van der Waals surface area contributed by atoms with E-state index < -0.39 is 23.7 Å². The summed E-state index contributed by atoms with van der Waals surface area (Å²) >= 11 is 0. The van der Waals surface area contributed by atoms with Crippen LogP contribution < -0.4 is 14.8 Å². The highest BCUT2D eigenvalue weighted by molar-refractivity contribution is 5.86. The van der Waals surface area contributed by atoms with Gasteiger partial charge in [-0.25, -0.2) is 4.79 Å². The number of nitrogens with one attached hydrogen (secondary N) is 1. The van der Waals surface area contributed by atoms with Crippen LogP contribution in [0.2, 0.25) is 0 Å². The molecule has 2 aromatic carbocycles. The van der Waals surface area contributed by atoms with Crippen LogP contribution in [0, 0.1) is 17.3 Å². The van der Waals surface area contributed by atoms with E-state index in [0.29, 0.717) is 43.5 Å². The average molecular weight is 553 g/mol. The lowest BCUT2D eigenvalue weighted by molar-refractivity contribution is -0.133. The molecular formula is C32H44N2O6. The van der Waals surface area contributed by atoms with Gasteiger partial charge < -0.3 is 29.5 Å². The van der Waals surface area contributed by atoms with Crippen molar-refractivity contribution in [3.63, 3.8) is 0 Å². The van der Waals surface area contributed by atoms with Crippen molar-refractivity contribution in [3.05, 3.63) is 59.7 Å². The molecule has 2 amide bonds. The van der Waals surface area contributed by atoms with E-state index in [0.717, 1.165) is 11.1 Å². The molecule has 1 heterocycles. The fourth-order valence-corrected chi connectivity index (χ4v) is 5.43. The van der Waals surface area contributed by atoms with E-state index in [1.165, 1.54) is 12.8 Å². The van der Waals surface area contributed by atoms with Crippen LogP contribution in [0.25, 0.3) is 0 Å². The fraction of sp³-hybridized carbons (Fsp3) is 0.562. The van der Waals surface area contributed by atoms with Crippen LogP contribution in [0.5, 0.6) is 11.5 Å². The van der Waals surface area contributed by atoms with Gasteiger partial charge in [0.05, 0.1) is 19.8 Å². The first kappa shape index (κ1) is 29.7. The van der Waals surface area contributed by atoms with Crippen molar-refractivity contribution < 1.29 is 28.9 Å². The van der Waals surface area contributed by atoms with Gasteiger partial charge in [0.1, 0.15) is 12.6 Å². The normalized spacial score (nSPS) is 22.1. The number of alkyl carbamates (subject to hydrolysis) is 1. The Kier molecular flexibility index (Phi) is 9.61. The zero-order chi connectivity index (χ0) is 28.9. The number of nitrogens with zero attached hydrogens (tertiary/aromatic N) is 1. The molecule has 0 aromatic heterocycles. The summed E-state index contributed by atoms with van der Waals surface area (Å²) in [6.45, 7) is 9.41. The molecule has 2 aromatic rings. The van der Waals surface area contributed by atoms with Crippen molar-refractivity contribution in [3.8, 4) is 11.5 Å². The molecule has 1 saturated carbocycles. The lowest BCUT2D eigenvalue weighted by Crippen LogP contribution is -2.49. The maximum absolute atomic E-state index is 13.9. The van der Waals surface area contributed by atoms with Crippen molar-refractivity contribution >= 4 is 12.0 Å². The zero-order valence-corrected chi connectivity index (χ0v) is 24.4. The number of hydrogen-bond donors (Lipinski definition) is 2. The maximum atomic E-state index is 13.9. The Labute approximate surface area is 238 Å². The third-order valence-corrected chi connectivity index (χ3v) is 8.27. The summed E-state index contributed by atoms with van der Waals surface area (Å²) in [6.07, 6.45) is 1.57. The molecule has 2 aliphatic rings. The summed E-state index contributed by atoms with van der Waals surface area (Å²) in [5.41, 5.74) is 1.27. The highest BCUT2D eigenvalue weighted by Crippen LogP contribution is 2.47. The average Bonchev–Trinajstić information content (AvgIpc) is 3.70. The van der Waals surface area contributed by atoms with Gasteiger partial charge in [-0.1, -0.05) is 57.2 Å². The van der Waals surface area contributed by atoms with E-state index in [-0.39, 0.29) is 24.3 Å².